The van der Waals surface area contributed by atoms with E-state index in [1.54, 1.807) is 0 Å². The van der Waals surface area contributed by atoms with E-state index in [1.165, 1.54) is 5.56 Å². The molecule has 1 aromatic heterocycles. The van der Waals surface area contributed by atoms with E-state index in [0.29, 0.717) is 18.8 Å². The molecule has 4 rings (SSSR count). The van der Waals surface area contributed by atoms with Crippen LogP contribution in [-0.2, 0) is 6.54 Å². The lowest BCUT2D eigenvalue weighted by atomic mass is 10.0. The molecule has 0 bridgehead atoms. The van der Waals surface area contributed by atoms with Crippen molar-refractivity contribution in [1.29, 1.82) is 0 Å². The summed E-state index contributed by atoms with van der Waals surface area (Å²) in [5, 5.41) is 5.63. The fraction of sp³-hybridized carbons (Fsp3) is 0.241. The lowest BCUT2D eigenvalue weighted by Gasteiger charge is -2.17. The number of nitrogens with one attached hydrogen (secondary N) is 1. The summed E-state index contributed by atoms with van der Waals surface area (Å²) < 4.78 is 5.55. The fourth-order valence-corrected chi connectivity index (χ4v) is 4.15. The number of pyridine rings is 1. The van der Waals surface area contributed by atoms with E-state index in [9.17, 15) is 4.79 Å². The third-order valence-corrected chi connectivity index (χ3v) is 6.04. The molecule has 1 amide bonds. The molecule has 1 N–H and O–H groups in total. The van der Waals surface area contributed by atoms with Crippen molar-refractivity contribution < 1.29 is 9.53 Å². The zero-order valence-electron chi connectivity index (χ0n) is 20.1. The second kappa shape index (κ2) is 11.8. The molecule has 4 aromatic rings. The summed E-state index contributed by atoms with van der Waals surface area (Å²) in [7, 11) is 2.08. The van der Waals surface area contributed by atoms with Crippen molar-refractivity contribution in [3.63, 3.8) is 0 Å². The maximum absolute atomic E-state index is 13.1. The van der Waals surface area contributed by atoms with Crippen LogP contribution < -0.4 is 10.1 Å². The van der Waals surface area contributed by atoms with Gasteiger partial charge >= 0.3 is 0 Å². The third-order valence-electron chi connectivity index (χ3n) is 5.78. The number of hydrogen-bond acceptors (Lipinski definition) is 4. The minimum Gasteiger partial charge on any atom is -0.494 e. The van der Waals surface area contributed by atoms with Crippen LogP contribution in [0.15, 0.2) is 78.9 Å². The first-order valence-corrected chi connectivity index (χ1v) is 12.3. The summed E-state index contributed by atoms with van der Waals surface area (Å²) in [4.78, 5) is 20.1. The van der Waals surface area contributed by atoms with Crippen LogP contribution in [0.4, 0.5) is 0 Å². The molecule has 0 spiro atoms. The monoisotopic (exact) mass is 487 g/mol. The van der Waals surface area contributed by atoms with Gasteiger partial charge in [0.1, 0.15) is 11.4 Å². The van der Waals surface area contributed by atoms with Crippen LogP contribution in [0.2, 0.25) is 5.02 Å². The number of fused-ring (bicyclic) bond motifs is 1. The van der Waals surface area contributed by atoms with Crippen molar-refractivity contribution in [3.05, 3.63) is 95.1 Å². The molecular formula is C29H30ClN3O2. The Kier molecular flexibility index (Phi) is 8.35. The number of aromatic nitrogens is 1. The molecule has 5 nitrogen and oxygen atoms in total. The molecule has 0 fully saturated rings. The van der Waals surface area contributed by atoms with Crippen LogP contribution in [-0.4, -0.2) is 42.5 Å². The first kappa shape index (κ1) is 24.7. The number of benzene rings is 3. The quantitative estimate of drug-likeness (QED) is 0.270. The first-order chi connectivity index (χ1) is 17.0. The Balaban J connectivity index is 1.41. The number of hydrogen-bond donors (Lipinski definition) is 1. The molecule has 0 aliphatic carbocycles. The average Bonchev–Trinajstić information content (AvgIpc) is 2.88. The van der Waals surface area contributed by atoms with Crippen molar-refractivity contribution in [1.82, 2.24) is 15.2 Å². The molecule has 3 aromatic carbocycles. The van der Waals surface area contributed by atoms with Gasteiger partial charge in [-0.25, -0.2) is 4.98 Å². The van der Waals surface area contributed by atoms with Crippen LogP contribution in [0.5, 0.6) is 5.75 Å². The Bertz CT molecular complexity index is 1270. The summed E-state index contributed by atoms with van der Waals surface area (Å²) >= 11 is 5.97. The van der Waals surface area contributed by atoms with E-state index in [0.717, 1.165) is 52.3 Å². The minimum absolute atomic E-state index is 0.158. The zero-order valence-corrected chi connectivity index (χ0v) is 20.9. The number of halogens is 1. The normalized spacial score (nSPS) is 11.1. The van der Waals surface area contributed by atoms with Crippen molar-refractivity contribution >= 4 is 28.3 Å². The highest BCUT2D eigenvalue weighted by atomic mass is 35.5. The summed E-state index contributed by atoms with van der Waals surface area (Å²) in [6, 6.07) is 25.6. The molecule has 0 unspecified atom stereocenters. The van der Waals surface area contributed by atoms with Crippen LogP contribution in [0, 0.1) is 0 Å². The number of carbonyl (C=O) groups excluding carboxylic acids is 1. The van der Waals surface area contributed by atoms with Gasteiger partial charge in [-0.1, -0.05) is 48.0 Å². The van der Waals surface area contributed by atoms with Gasteiger partial charge in [0.2, 0.25) is 0 Å². The fourth-order valence-electron chi connectivity index (χ4n) is 4.02. The minimum atomic E-state index is -0.158. The van der Waals surface area contributed by atoms with E-state index in [2.05, 4.69) is 17.3 Å². The topological polar surface area (TPSA) is 54.5 Å². The van der Waals surface area contributed by atoms with Crippen LogP contribution in [0.25, 0.3) is 22.0 Å². The average molecular weight is 488 g/mol. The van der Waals surface area contributed by atoms with Gasteiger partial charge in [-0.2, -0.15) is 0 Å². The van der Waals surface area contributed by atoms with Gasteiger partial charge in [0.05, 0.1) is 12.3 Å². The van der Waals surface area contributed by atoms with E-state index in [4.69, 9.17) is 21.3 Å². The van der Waals surface area contributed by atoms with Crippen LogP contribution in [0.3, 0.4) is 0 Å². The van der Waals surface area contributed by atoms with Gasteiger partial charge in [-0.15, -0.1) is 0 Å². The van der Waals surface area contributed by atoms with Gasteiger partial charge in [-0.05, 0) is 80.4 Å². The molecule has 0 aliphatic heterocycles. The SMILES string of the molecule is CCOc1ccc(-c2cc3ccccc3c(C(=O)NCCCN(C)Cc3ccc(Cl)cc3)n2)cc1. The van der Waals surface area contributed by atoms with Crippen LogP contribution in [0.1, 0.15) is 29.4 Å². The van der Waals surface area contributed by atoms with Gasteiger partial charge in [0, 0.05) is 29.1 Å². The number of carbonyl (C=O) groups is 1. The Hall–Kier alpha value is -3.41. The van der Waals surface area contributed by atoms with Gasteiger partial charge < -0.3 is 15.0 Å². The molecular weight excluding hydrogens is 458 g/mol. The van der Waals surface area contributed by atoms with Crippen LogP contribution >= 0.6 is 11.6 Å². The van der Waals surface area contributed by atoms with Gasteiger partial charge in [0.25, 0.3) is 5.91 Å². The molecule has 0 saturated heterocycles. The molecule has 0 atom stereocenters. The number of nitrogens with zero attached hydrogens (tertiary/aromatic N) is 2. The second-order valence-electron chi connectivity index (χ2n) is 8.51. The van der Waals surface area contributed by atoms with Crippen molar-refractivity contribution in [2.24, 2.45) is 0 Å². The molecule has 0 radical (unpaired) electrons. The lowest BCUT2D eigenvalue weighted by Crippen LogP contribution is -2.29. The molecule has 35 heavy (non-hydrogen) atoms. The predicted octanol–water partition coefficient (Wildman–Crippen LogP) is 6.21. The first-order valence-electron chi connectivity index (χ1n) is 11.9. The van der Waals surface area contributed by atoms with E-state index < -0.39 is 0 Å². The summed E-state index contributed by atoms with van der Waals surface area (Å²) in [6.45, 7) is 4.86. The molecule has 0 saturated carbocycles. The summed E-state index contributed by atoms with van der Waals surface area (Å²) in [6.07, 6.45) is 0.840. The predicted molar refractivity (Wildman–Crippen MR) is 143 cm³/mol. The Morgan fingerprint density at radius 2 is 1.77 bits per heavy atom. The van der Waals surface area contributed by atoms with E-state index in [-0.39, 0.29) is 5.91 Å². The highest BCUT2D eigenvalue weighted by Crippen LogP contribution is 2.26. The zero-order chi connectivity index (χ0) is 24.6. The van der Waals surface area contributed by atoms with Crippen molar-refractivity contribution in [2.45, 2.75) is 19.9 Å². The summed E-state index contributed by atoms with van der Waals surface area (Å²) in [5.74, 6) is 0.658. The summed E-state index contributed by atoms with van der Waals surface area (Å²) in [5.41, 5.74) is 3.36. The van der Waals surface area contributed by atoms with Crippen molar-refractivity contribution in [3.8, 4) is 17.0 Å². The lowest BCUT2D eigenvalue weighted by molar-refractivity contribution is 0.0949. The smallest absolute Gasteiger partial charge is 0.270 e. The highest BCUT2D eigenvalue weighted by molar-refractivity contribution is 6.30. The molecule has 0 aliphatic rings. The standard InChI is InChI=1S/C29H30ClN3O2/c1-3-35-25-15-11-22(12-16-25)27-19-23-7-4-5-8-26(23)28(32-27)29(34)31-17-6-18-33(2)20-21-9-13-24(30)14-10-21/h4-5,7-16,19H,3,6,17-18,20H2,1-2H3,(H,31,34). The third kappa shape index (κ3) is 6.59. The molecule has 180 valence electrons. The Morgan fingerprint density at radius 1 is 1.03 bits per heavy atom. The Labute approximate surface area is 211 Å². The highest BCUT2D eigenvalue weighted by Gasteiger charge is 2.14. The molecule has 6 heteroatoms. The number of amides is 1. The Morgan fingerprint density at radius 3 is 2.51 bits per heavy atom. The number of ether oxygens (including phenoxy) is 1. The molecule has 1 heterocycles. The van der Waals surface area contributed by atoms with E-state index in [1.807, 2.05) is 85.8 Å². The largest absolute Gasteiger partial charge is 0.494 e. The van der Waals surface area contributed by atoms with Gasteiger partial charge in [0.15, 0.2) is 0 Å². The van der Waals surface area contributed by atoms with Crippen molar-refractivity contribution in [2.75, 3.05) is 26.7 Å². The number of rotatable bonds is 10. The second-order valence-corrected chi connectivity index (χ2v) is 8.94. The maximum Gasteiger partial charge on any atom is 0.270 e. The van der Waals surface area contributed by atoms with Gasteiger partial charge in [-0.3, -0.25) is 4.79 Å². The van der Waals surface area contributed by atoms with E-state index >= 15 is 0 Å². The maximum atomic E-state index is 13.1.